The highest BCUT2D eigenvalue weighted by molar-refractivity contribution is 7.80. The lowest BCUT2D eigenvalue weighted by molar-refractivity contribution is 0.00578. The standard InChI is InChI=1S/C33H33BFN3O6S/c1-32(2)33(3,4)44-34(43-32)26-13-6-19(14-22(26)17-36)18-38(45(40)41)27-16-28-25(15-24(27)20-7-8-20)29(31(39)37-5)30(42-28)21-9-11-23(35)12-10-21/h6,9-16,20H,7-8,18H2,1-5H3,(H,37,39)(H,40,41). The van der Waals surface area contributed by atoms with E-state index in [4.69, 9.17) is 13.7 Å². The number of benzene rings is 3. The van der Waals surface area contributed by atoms with E-state index in [1.165, 1.54) is 35.6 Å². The number of hydrogen-bond acceptors (Lipinski definition) is 6. The number of rotatable bonds is 8. The van der Waals surface area contributed by atoms with Crippen molar-refractivity contribution in [2.45, 2.75) is 64.2 Å². The molecule has 1 saturated heterocycles. The van der Waals surface area contributed by atoms with E-state index in [9.17, 15) is 23.2 Å². The first kappa shape index (κ1) is 31.0. The molecule has 2 fully saturated rings. The Morgan fingerprint density at radius 2 is 1.78 bits per heavy atom. The van der Waals surface area contributed by atoms with Crippen LogP contribution in [0, 0.1) is 17.1 Å². The van der Waals surface area contributed by atoms with Crippen LogP contribution in [0.4, 0.5) is 10.1 Å². The lowest BCUT2D eigenvalue weighted by Gasteiger charge is -2.32. The number of fused-ring (bicyclic) bond motifs is 1. The fourth-order valence-electron chi connectivity index (χ4n) is 5.61. The molecule has 2 aliphatic rings. The van der Waals surface area contributed by atoms with Gasteiger partial charge in [-0.2, -0.15) is 5.26 Å². The molecule has 1 amide bonds. The minimum atomic E-state index is -2.44. The summed E-state index contributed by atoms with van der Waals surface area (Å²) < 4.78 is 57.0. The number of furan rings is 1. The van der Waals surface area contributed by atoms with Crippen molar-refractivity contribution in [2.75, 3.05) is 11.4 Å². The summed E-state index contributed by atoms with van der Waals surface area (Å²) in [7, 11) is 0.796. The van der Waals surface area contributed by atoms with E-state index >= 15 is 0 Å². The molecule has 0 spiro atoms. The Morgan fingerprint density at radius 3 is 2.36 bits per heavy atom. The second kappa shape index (κ2) is 11.4. The Bertz CT molecular complexity index is 1860. The number of hydrogen-bond donors (Lipinski definition) is 2. The van der Waals surface area contributed by atoms with E-state index in [1.54, 1.807) is 24.3 Å². The zero-order valence-corrected chi connectivity index (χ0v) is 26.5. The highest BCUT2D eigenvalue weighted by Crippen LogP contribution is 2.48. The second-order valence-corrected chi connectivity index (χ2v) is 13.4. The Balaban J connectivity index is 1.41. The van der Waals surface area contributed by atoms with Gasteiger partial charge in [0.2, 0.25) is 0 Å². The predicted octanol–water partition coefficient (Wildman–Crippen LogP) is 5.79. The van der Waals surface area contributed by atoms with Crippen LogP contribution in [-0.4, -0.2) is 40.0 Å². The first-order chi connectivity index (χ1) is 21.3. The average molecular weight is 630 g/mol. The van der Waals surface area contributed by atoms with Crippen LogP contribution in [-0.2, 0) is 27.1 Å². The number of anilines is 1. The molecule has 12 heteroatoms. The van der Waals surface area contributed by atoms with E-state index in [2.05, 4.69) is 11.4 Å². The number of carbonyl (C=O) groups excluding carboxylic acids is 1. The Hall–Kier alpha value is -4.02. The average Bonchev–Trinajstić information content (AvgIpc) is 3.74. The van der Waals surface area contributed by atoms with Crippen molar-refractivity contribution in [1.82, 2.24) is 5.32 Å². The lowest BCUT2D eigenvalue weighted by Crippen LogP contribution is -2.41. The molecule has 1 saturated carbocycles. The maximum Gasteiger partial charge on any atom is 0.496 e. The smallest absolute Gasteiger partial charge is 0.455 e. The number of amides is 1. The first-order valence-corrected chi connectivity index (χ1v) is 15.8. The number of nitriles is 1. The van der Waals surface area contributed by atoms with Crippen LogP contribution in [0.5, 0.6) is 0 Å². The van der Waals surface area contributed by atoms with Crippen LogP contribution in [0.2, 0.25) is 0 Å². The summed E-state index contributed by atoms with van der Waals surface area (Å²) in [5.41, 5.74) is 2.89. The van der Waals surface area contributed by atoms with Gasteiger partial charge in [0.25, 0.3) is 17.2 Å². The summed E-state index contributed by atoms with van der Waals surface area (Å²) in [4.78, 5) is 13.1. The van der Waals surface area contributed by atoms with Gasteiger partial charge in [-0.25, -0.2) is 8.60 Å². The third kappa shape index (κ3) is 5.66. The molecule has 2 N–H and O–H groups in total. The summed E-state index contributed by atoms with van der Waals surface area (Å²) in [6.07, 6.45) is 1.79. The molecular formula is C33H33BFN3O6S. The Labute approximate surface area is 263 Å². The third-order valence-electron chi connectivity index (χ3n) is 8.94. The van der Waals surface area contributed by atoms with Crippen molar-refractivity contribution in [2.24, 2.45) is 0 Å². The van der Waals surface area contributed by atoms with Crippen molar-refractivity contribution in [3.8, 4) is 17.4 Å². The van der Waals surface area contributed by atoms with Crippen LogP contribution in [0.15, 0.2) is 59.0 Å². The van der Waals surface area contributed by atoms with Crippen molar-refractivity contribution in [3.63, 3.8) is 0 Å². The molecule has 45 heavy (non-hydrogen) atoms. The predicted molar refractivity (Wildman–Crippen MR) is 171 cm³/mol. The quantitative estimate of drug-likeness (QED) is 0.187. The topological polar surface area (TPSA) is 125 Å². The fourth-order valence-corrected chi connectivity index (χ4v) is 6.19. The van der Waals surface area contributed by atoms with Crippen LogP contribution >= 0.6 is 0 Å². The SMILES string of the molecule is CNC(=O)c1c(-c2ccc(F)cc2)oc2cc(N(Cc3ccc(B4OC(C)(C)C(C)(C)O4)c(C#N)c3)S(=O)O)c(C3CC3)cc12. The van der Waals surface area contributed by atoms with E-state index < -0.39 is 35.4 Å². The van der Waals surface area contributed by atoms with Gasteiger partial charge in [-0.05, 0) is 94.0 Å². The monoisotopic (exact) mass is 629 g/mol. The number of carbonyl (C=O) groups is 1. The zero-order chi connectivity index (χ0) is 32.3. The number of halogens is 1. The molecule has 1 aromatic heterocycles. The minimum Gasteiger partial charge on any atom is -0.455 e. The van der Waals surface area contributed by atoms with Crippen LogP contribution in [0.25, 0.3) is 22.3 Å². The number of nitrogens with one attached hydrogen (secondary N) is 1. The second-order valence-electron chi connectivity index (χ2n) is 12.5. The van der Waals surface area contributed by atoms with Gasteiger partial charge in [0.05, 0.1) is 40.6 Å². The highest BCUT2D eigenvalue weighted by Gasteiger charge is 2.52. The summed E-state index contributed by atoms with van der Waals surface area (Å²) in [5, 5.41) is 13.2. The van der Waals surface area contributed by atoms with Crippen LogP contribution < -0.4 is 15.1 Å². The van der Waals surface area contributed by atoms with Gasteiger partial charge < -0.3 is 19.0 Å². The zero-order valence-electron chi connectivity index (χ0n) is 25.6. The molecule has 1 aliphatic carbocycles. The van der Waals surface area contributed by atoms with Gasteiger partial charge in [-0.1, -0.05) is 12.1 Å². The molecule has 1 unspecified atom stereocenters. The largest absolute Gasteiger partial charge is 0.496 e. The van der Waals surface area contributed by atoms with Crippen molar-refractivity contribution < 1.29 is 31.7 Å². The summed E-state index contributed by atoms with van der Waals surface area (Å²) in [6.45, 7) is 7.77. The molecular weight excluding hydrogens is 596 g/mol. The molecule has 0 radical (unpaired) electrons. The minimum absolute atomic E-state index is 0.0144. The van der Waals surface area contributed by atoms with Gasteiger partial charge >= 0.3 is 7.12 Å². The molecule has 6 rings (SSSR count). The summed E-state index contributed by atoms with van der Waals surface area (Å²) >= 11 is -2.44. The van der Waals surface area contributed by atoms with E-state index in [0.29, 0.717) is 44.4 Å². The molecule has 4 aromatic rings. The Kier molecular flexibility index (Phi) is 7.86. The molecule has 1 atom stereocenters. The van der Waals surface area contributed by atoms with Crippen LogP contribution in [0.3, 0.4) is 0 Å². The lowest BCUT2D eigenvalue weighted by atomic mass is 9.75. The maximum absolute atomic E-state index is 13.7. The van der Waals surface area contributed by atoms with Crippen molar-refractivity contribution in [1.29, 1.82) is 5.26 Å². The van der Waals surface area contributed by atoms with E-state index in [-0.39, 0.29) is 24.1 Å². The van der Waals surface area contributed by atoms with E-state index in [1.807, 2.05) is 33.8 Å². The molecule has 0 bridgehead atoms. The van der Waals surface area contributed by atoms with Gasteiger partial charge in [0.1, 0.15) is 17.2 Å². The van der Waals surface area contributed by atoms with Gasteiger partial charge in [0, 0.05) is 29.5 Å². The number of nitrogens with zero attached hydrogens (tertiary/aromatic N) is 2. The Morgan fingerprint density at radius 1 is 1.11 bits per heavy atom. The van der Waals surface area contributed by atoms with Gasteiger partial charge in [0.15, 0.2) is 0 Å². The normalized spacial score (nSPS) is 17.7. The maximum atomic E-state index is 13.7. The summed E-state index contributed by atoms with van der Waals surface area (Å²) in [5.74, 6) is -0.370. The van der Waals surface area contributed by atoms with Gasteiger partial charge in [-0.15, -0.1) is 0 Å². The van der Waals surface area contributed by atoms with Gasteiger partial charge in [-0.3, -0.25) is 13.7 Å². The molecule has 232 valence electrons. The summed E-state index contributed by atoms with van der Waals surface area (Å²) in [6, 6.07) is 16.7. The molecule has 2 heterocycles. The third-order valence-corrected chi connectivity index (χ3v) is 9.65. The van der Waals surface area contributed by atoms with E-state index in [0.717, 1.165) is 18.4 Å². The van der Waals surface area contributed by atoms with Crippen LogP contribution in [0.1, 0.15) is 73.5 Å². The van der Waals surface area contributed by atoms with Crippen molar-refractivity contribution in [3.05, 3.63) is 82.7 Å². The molecule has 9 nitrogen and oxygen atoms in total. The molecule has 3 aromatic carbocycles. The molecule has 1 aliphatic heterocycles. The fraction of sp³-hybridized carbons (Fsp3) is 0.333. The van der Waals surface area contributed by atoms with Crippen molar-refractivity contribution >= 4 is 46.4 Å². The first-order valence-electron chi connectivity index (χ1n) is 14.7. The highest BCUT2D eigenvalue weighted by atomic mass is 32.2.